The molecule has 0 saturated carbocycles. The highest BCUT2D eigenvalue weighted by Gasteiger charge is 2.08. The SMILES string of the molecule is COc1cccc(-n2cccn2)c1CN. The molecule has 2 rings (SSSR count). The third-order valence-electron chi connectivity index (χ3n) is 2.28. The van der Waals surface area contributed by atoms with Gasteiger partial charge in [0.2, 0.25) is 0 Å². The van der Waals surface area contributed by atoms with Crippen LogP contribution in [0, 0.1) is 0 Å². The summed E-state index contributed by atoms with van der Waals surface area (Å²) in [6, 6.07) is 7.67. The molecular formula is C11H13N3O. The van der Waals surface area contributed by atoms with Gasteiger partial charge in [0.25, 0.3) is 0 Å². The highest BCUT2D eigenvalue weighted by Crippen LogP contribution is 2.23. The van der Waals surface area contributed by atoms with Crippen LogP contribution in [0.15, 0.2) is 36.7 Å². The number of ether oxygens (including phenoxy) is 1. The van der Waals surface area contributed by atoms with Crippen molar-refractivity contribution in [2.24, 2.45) is 5.73 Å². The van der Waals surface area contributed by atoms with Gasteiger partial charge in [0.05, 0.1) is 12.8 Å². The van der Waals surface area contributed by atoms with Gasteiger partial charge in [-0.25, -0.2) is 4.68 Å². The highest BCUT2D eigenvalue weighted by molar-refractivity contribution is 5.49. The van der Waals surface area contributed by atoms with Crippen LogP contribution in [0.5, 0.6) is 5.75 Å². The van der Waals surface area contributed by atoms with E-state index in [0.29, 0.717) is 6.54 Å². The van der Waals surface area contributed by atoms with Crippen molar-refractivity contribution in [3.8, 4) is 11.4 Å². The molecule has 0 aliphatic rings. The Balaban J connectivity index is 2.56. The molecule has 1 aromatic carbocycles. The Morgan fingerprint density at radius 3 is 2.87 bits per heavy atom. The molecule has 1 aromatic heterocycles. The topological polar surface area (TPSA) is 53.1 Å². The Labute approximate surface area is 88.3 Å². The fraction of sp³-hybridized carbons (Fsp3) is 0.182. The first-order valence-electron chi connectivity index (χ1n) is 4.72. The molecule has 0 amide bonds. The molecule has 0 aliphatic heterocycles. The third kappa shape index (κ3) is 1.71. The second kappa shape index (κ2) is 4.14. The molecule has 0 radical (unpaired) electrons. The Morgan fingerprint density at radius 1 is 1.40 bits per heavy atom. The lowest BCUT2D eigenvalue weighted by Crippen LogP contribution is -2.06. The third-order valence-corrected chi connectivity index (χ3v) is 2.28. The molecule has 15 heavy (non-hydrogen) atoms. The summed E-state index contributed by atoms with van der Waals surface area (Å²) in [5, 5.41) is 4.18. The van der Waals surface area contributed by atoms with Crippen molar-refractivity contribution in [3.63, 3.8) is 0 Å². The zero-order chi connectivity index (χ0) is 10.7. The minimum atomic E-state index is 0.430. The summed E-state index contributed by atoms with van der Waals surface area (Å²) in [6.45, 7) is 0.430. The van der Waals surface area contributed by atoms with Crippen LogP contribution in [0.2, 0.25) is 0 Å². The molecule has 0 fully saturated rings. The fourth-order valence-corrected chi connectivity index (χ4v) is 1.58. The molecule has 0 atom stereocenters. The van der Waals surface area contributed by atoms with E-state index in [9.17, 15) is 0 Å². The first-order chi connectivity index (χ1) is 7.36. The minimum Gasteiger partial charge on any atom is -0.496 e. The summed E-state index contributed by atoms with van der Waals surface area (Å²) >= 11 is 0. The predicted octanol–water partition coefficient (Wildman–Crippen LogP) is 1.34. The Morgan fingerprint density at radius 2 is 2.27 bits per heavy atom. The first kappa shape index (κ1) is 9.73. The van der Waals surface area contributed by atoms with Crippen molar-refractivity contribution in [2.75, 3.05) is 7.11 Å². The molecule has 1 heterocycles. The normalized spacial score (nSPS) is 10.3. The van der Waals surface area contributed by atoms with Gasteiger partial charge in [0.15, 0.2) is 0 Å². The van der Waals surface area contributed by atoms with Crippen LogP contribution in [-0.4, -0.2) is 16.9 Å². The van der Waals surface area contributed by atoms with Gasteiger partial charge in [-0.05, 0) is 18.2 Å². The van der Waals surface area contributed by atoms with Crippen LogP contribution in [0.3, 0.4) is 0 Å². The van der Waals surface area contributed by atoms with Gasteiger partial charge in [0.1, 0.15) is 5.75 Å². The van der Waals surface area contributed by atoms with Gasteiger partial charge in [-0.2, -0.15) is 5.10 Å². The van der Waals surface area contributed by atoms with E-state index in [1.165, 1.54) is 0 Å². The van der Waals surface area contributed by atoms with Crippen LogP contribution >= 0.6 is 0 Å². The number of rotatable bonds is 3. The lowest BCUT2D eigenvalue weighted by atomic mass is 10.1. The summed E-state index contributed by atoms with van der Waals surface area (Å²) in [7, 11) is 1.64. The van der Waals surface area contributed by atoms with Crippen molar-refractivity contribution in [3.05, 3.63) is 42.2 Å². The van der Waals surface area contributed by atoms with Gasteiger partial charge >= 0.3 is 0 Å². The molecule has 0 spiro atoms. The maximum Gasteiger partial charge on any atom is 0.125 e. The fourth-order valence-electron chi connectivity index (χ4n) is 1.58. The van der Waals surface area contributed by atoms with Gasteiger partial charge in [-0.3, -0.25) is 0 Å². The van der Waals surface area contributed by atoms with E-state index in [1.807, 2.05) is 30.5 Å². The average Bonchev–Trinajstić information content (AvgIpc) is 2.81. The largest absolute Gasteiger partial charge is 0.496 e. The maximum atomic E-state index is 5.71. The number of methoxy groups -OCH3 is 1. The second-order valence-electron chi connectivity index (χ2n) is 3.11. The summed E-state index contributed by atoms with van der Waals surface area (Å²) in [4.78, 5) is 0. The number of nitrogens with two attached hydrogens (primary N) is 1. The van der Waals surface area contributed by atoms with E-state index in [0.717, 1.165) is 17.0 Å². The lowest BCUT2D eigenvalue weighted by Gasteiger charge is -2.11. The van der Waals surface area contributed by atoms with Crippen molar-refractivity contribution in [1.29, 1.82) is 0 Å². The zero-order valence-corrected chi connectivity index (χ0v) is 8.55. The number of hydrogen-bond acceptors (Lipinski definition) is 3. The highest BCUT2D eigenvalue weighted by atomic mass is 16.5. The van der Waals surface area contributed by atoms with Crippen molar-refractivity contribution in [2.45, 2.75) is 6.54 Å². The monoisotopic (exact) mass is 203 g/mol. The molecule has 0 aliphatic carbocycles. The number of benzene rings is 1. The maximum absolute atomic E-state index is 5.71. The number of aromatic nitrogens is 2. The molecule has 2 aromatic rings. The van der Waals surface area contributed by atoms with Gasteiger partial charge in [0, 0.05) is 24.5 Å². The van der Waals surface area contributed by atoms with Crippen molar-refractivity contribution < 1.29 is 4.74 Å². The summed E-state index contributed by atoms with van der Waals surface area (Å²) < 4.78 is 7.04. The molecule has 2 N–H and O–H groups in total. The minimum absolute atomic E-state index is 0.430. The first-order valence-corrected chi connectivity index (χ1v) is 4.72. The van der Waals surface area contributed by atoms with Crippen LogP contribution in [0.1, 0.15) is 5.56 Å². The standard InChI is InChI=1S/C11H13N3O/c1-15-11-5-2-4-10(9(11)8-12)14-7-3-6-13-14/h2-7H,8,12H2,1H3. The van der Waals surface area contributed by atoms with Crippen LogP contribution in [0.25, 0.3) is 5.69 Å². The summed E-state index contributed by atoms with van der Waals surface area (Å²) in [5.74, 6) is 0.797. The molecule has 4 heteroatoms. The Bertz CT molecular complexity index is 437. The molecule has 78 valence electrons. The van der Waals surface area contributed by atoms with Crippen LogP contribution in [-0.2, 0) is 6.54 Å². The van der Waals surface area contributed by atoms with E-state index in [1.54, 1.807) is 18.0 Å². The van der Waals surface area contributed by atoms with Crippen LogP contribution in [0.4, 0.5) is 0 Å². The Kier molecular flexibility index (Phi) is 2.69. The van der Waals surface area contributed by atoms with E-state index >= 15 is 0 Å². The predicted molar refractivity (Wildman–Crippen MR) is 58.0 cm³/mol. The molecular weight excluding hydrogens is 190 g/mol. The molecule has 4 nitrogen and oxygen atoms in total. The summed E-state index contributed by atoms with van der Waals surface area (Å²) in [5.41, 5.74) is 7.63. The zero-order valence-electron chi connectivity index (χ0n) is 8.55. The van der Waals surface area contributed by atoms with Crippen molar-refractivity contribution >= 4 is 0 Å². The van der Waals surface area contributed by atoms with Gasteiger partial charge < -0.3 is 10.5 Å². The molecule has 0 bridgehead atoms. The van der Waals surface area contributed by atoms with Crippen LogP contribution < -0.4 is 10.5 Å². The number of hydrogen-bond donors (Lipinski definition) is 1. The van der Waals surface area contributed by atoms with Crippen molar-refractivity contribution in [1.82, 2.24) is 9.78 Å². The van der Waals surface area contributed by atoms with E-state index < -0.39 is 0 Å². The molecule has 0 unspecified atom stereocenters. The smallest absolute Gasteiger partial charge is 0.125 e. The second-order valence-corrected chi connectivity index (χ2v) is 3.11. The summed E-state index contributed by atoms with van der Waals surface area (Å²) in [6.07, 6.45) is 3.62. The van der Waals surface area contributed by atoms with Gasteiger partial charge in [-0.1, -0.05) is 6.07 Å². The Hall–Kier alpha value is -1.81. The average molecular weight is 203 g/mol. The quantitative estimate of drug-likeness (QED) is 0.819. The lowest BCUT2D eigenvalue weighted by molar-refractivity contribution is 0.409. The molecule has 0 saturated heterocycles. The van der Waals surface area contributed by atoms with E-state index in [4.69, 9.17) is 10.5 Å². The van der Waals surface area contributed by atoms with Gasteiger partial charge in [-0.15, -0.1) is 0 Å². The van der Waals surface area contributed by atoms with E-state index in [-0.39, 0.29) is 0 Å². The number of nitrogens with zero attached hydrogens (tertiary/aromatic N) is 2. The van der Waals surface area contributed by atoms with E-state index in [2.05, 4.69) is 5.10 Å².